The molecular weight excluding hydrogens is 410 g/mol. The molecule has 1 aromatic carbocycles. The zero-order chi connectivity index (χ0) is 21.4. The summed E-state index contributed by atoms with van der Waals surface area (Å²) in [5, 5.41) is 9.39. The van der Waals surface area contributed by atoms with Crippen LogP contribution in [-0.2, 0) is 9.84 Å². The molecule has 0 bridgehead atoms. The molecule has 1 fully saturated rings. The van der Waals surface area contributed by atoms with Crippen LogP contribution in [0.4, 0.5) is 11.5 Å². The molecule has 3 aromatic heterocycles. The summed E-state index contributed by atoms with van der Waals surface area (Å²) in [6, 6.07) is 10.9. The number of nitrogens with one attached hydrogen (secondary N) is 1. The van der Waals surface area contributed by atoms with Gasteiger partial charge in [0.25, 0.3) is 0 Å². The summed E-state index contributed by atoms with van der Waals surface area (Å²) in [7, 11) is -3.23. The van der Waals surface area contributed by atoms with Gasteiger partial charge in [0.15, 0.2) is 9.84 Å². The summed E-state index contributed by atoms with van der Waals surface area (Å²) < 4.78 is 25.2. The molecule has 1 aliphatic rings. The third-order valence-electron chi connectivity index (χ3n) is 5.05. The van der Waals surface area contributed by atoms with Gasteiger partial charge in [-0.25, -0.2) is 18.4 Å². The number of anilines is 2. The lowest BCUT2D eigenvalue weighted by Crippen LogP contribution is -1.98. The maximum Gasteiger partial charge on any atom is 0.175 e. The third kappa shape index (κ3) is 4.27. The van der Waals surface area contributed by atoms with E-state index in [1.807, 2.05) is 23.0 Å². The van der Waals surface area contributed by atoms with Gasteiger partial charge in [-0.2, -0.15) is 5.10 Å². The Morgan fingerprint density at radius 1 is 1.06 bits per heavy atom. The molecule has 8 heteroatoms. The van der Waals surface area contributed by atoms with Crippen molar-refractivity contribution < 1.29 is 8.42 Å². The quantitative estimate of drug-likeness (QED) is 0.498. The van der Waals surface area contributed by atoms with Crippen LogP contribution in [0.1, 0.15) is 30.1 Å². The standard InChI is InChI=1S/C23H19N5O2S/c1-31(29,30)20-7-3-18(4-8-20)27-23-12-21-17(14-25-23)10-11-24-22(21)9-2-16-13-26-28(15-16)19-5-6-19/h3-4,7-8,10-15,19H,5-6H2,1H3,(H,25,27). The van der Waals surface area contributed by atoms with Gasteiger partial charge in [0.05, 0.1) is 22.7 Å². The number of hydrogen-bond donors (Lipinski definition) is 1. The van der Waals surface area contributed by atoms with Crippen molar-refractivity contribution >= 4 is 32.1 Å². The van der Waals surface area contributed by atoms with Crippen LogP contribution in [0.2, 0.25) is 0 Å². The first-order chi connectivity index (χ1) is 15.0. The normalized spacial score (nSPS) is 13.6. The van der Waals surface area contributed by atoms with E-state index < -0.39 is 9.84 Å². The Morgan fingerprint density at radius 3 is 2.61 bits per heavy atom. The summed E-state index contributed by atoms with van der Waals surface area (Å²) in [5.41, 5.74) is 2.27. The van der Waals surface area contributed by atoms with E-state index in [2.05, 4.69) is 32.2 Å². The fourth-order valence-electron chi connectivity index (χ4n) is 3.24. The molecule has 1 N–H and O–H groups in total. The van der Waals surface area contributed by atoms with E-state index in [1.165, 1.54) is 19.1 Å². The van der Waals surface area contributed by atoms with Crippen LogP contribution < -0.4 is 5.32 Å². The fourth-order valence-corrected chi connectivity index (χ4v) is 3.87. The van der Waals surface area contributed by atoms with E-state index in [0.29, 0.717) is 17.6 Å². The molecule has 5 rings (SSSR count). The first kappa shape index (κ1) is 19.3. The Balaban J connectivity index is 1.43. The number of hydrogen-bond acceptors (Lipinski definition) is 6. The largest absolute Gasteiger partial charge is 0.340 e. The minimum Gasteiger partial charge on any atom is -0.340 e. The molecule has 0 amide bonds. The Bertz CT molecular complexity index is 1440. The van der Waals surface area contributed by atoms with Gasteiger partial charge in [0.1, 0.15) is 11.5 Å². The van der Waals surface area contributed by atoms with Crippen LogP contribution in [0.15, 0.2) is 66.1 Å². The predicted molar refractivity (Wildman–Crippen MR) is 119 cm³/mol. The Hall–Kier alpha value is -3.70. The van der Waals surface area contributed by atoms with Gasteiger partial charge < -0.3 is 5.32 Å². The van der Waals surface area contributed by atoms with Crippen LogP contribution in [-0.4, -0.2) is 34.4 Å². The maximum atomic E-state index is 11.6. The van der Waals surface area contributed by atoms with Crippen molar-refractivity contribution in [1.82, 2.24) is 19.7 Å². The third-order valence-corrected chi connectivity index (χ3v) is 6.18. The number of rotatable bonds is 4. The van der Waals surface area contributed by atoms with Crippen LogP contribution in [0.25, 0.3) is 10.8 Å². The number of pyridine rings is 2. The first-order valence-electron chi connectivity index (χ1n) is 9.84. The lowest BCUT2D eigenvalue weighted by molar-refractivity contribution is 0.602. The van der Waals surface area contributed by atoms with Crippen molar-refractivity contribution in [3.05, 3.63) is 72.4 Å². The molecule has 154 valence electrons. The van der Waals surface area contributed by atoms with Crippen molar-refractivity contribution in [3.63, 3.8) is 0 Å². The molecule has 4 aromatic rings. The second-order valence-electron chi connectivity index (χ2n) is 7.56. The molecule has 0 unspecified atom stereocenters. The summed E-state index contributed by atoms with van der Waals surface area (Å²) in [6.07, 6.45) is 10.8. The molecule has 3 heterocycles. The number of fused-ring (bicyclic) bond motifs is 1. The van der Waals surface area contributed by atoms with E-state index in [-0.39, 0.29) is 4.90 Å². The zero-order valence-corrected chi connectivity index (χ0v) is 17.6. The zero-order valence-electron chi connectivity index (χ0n) is 16.8. The van der Waals surface area contributed by atoms with Crippen molar-refractivity contribution in [1.29, 1.82) is 0 Å². The topological polar surface area (TPSA) is 89.8 Å². The highest BCUT2D eigenvalue weighted by atomic mass is 32.2. The number of benzene rings is 1. The number of aromatic nitrogens is 4. The molecule has 0 atom stereocenters. The molecule has 0 spiro atoms. The fraction of sp³-hybridized carbons (Fsp3) is 0.174. The minimum absolute atomic E-state index is 0.274. The molecular formula is C23H19N5O2S. The van der Waals surface area contributed by atoms with Crippen LogP contribution >= 0.6 is 0 Å². The first-order valence-corrected chi connectivity index (χ1v) is 11.7. The lowest BCUT2D eigenvalue weighted by atomic mass is 10.1. The smallest absolute Gasteiger partial charge is 0.175 e. The second-order valence-corrected chi connectivity index (χ2v) is 9.58. The van der Waals surface area contributed by atoms with E-state index in [1.54, 1.807) is 42.9 Å². The summed E-state index contributed by atoms with van der Waals surface area (Å²) in [4.78, 5) is 9.16. The molecule has 0 aliphatic heterocycles. The SMILES string of the molecule is CS(=O)(=O)c1ccc(Nc2cc3c(C#Cc4cnn(C5CC5)c4)nccc3cn2)cc1. The van der Waals surface area contributed by atoms with Crippen molar-refractivity contribution in [3.8, 4) is 11.8 Å². The van der Waals surface area contributed by atoms with Crippen molar-refractivity contribution in [2.24, 2.45) is 0 Å². The number of nitrogens with zero attached hydrogens (tertiary/aromatic N) is 4. The molecule has 1 aliphatic carbocycles. The summed E-state index contributed by atoms with van der Waals surface area (Å²) in [5.74, 6) is 6.93. The van der Waals surface area contributed by atoms with Gasteiger partial charge in [-0.3, -0.25) is 4.68 Å². The van der Waals surface area contributed by atoms with Gasteiger partial charge in [-0.15, -0.1) is 0 Å². The highest BCUT2D eigenvalue weighted by molar-refractivity contribution is 7.90. The minimum atomic E-state index is -3.23. The Labute approximate surface area is 180 Å². The Kier molecular flexibility index (Phi) is 4.68. The second kappa shape index (κ2) is 7.52. The molecule has 1 saturated carbocycles. The molecule has 31 heavy (non-hydrogen) atoms. The van der Waals surface area contributed by atoms with E-state index in [9.17, 15) is 8.42 Å². The van der Waals surface area contributed by atoms with Gasteiger partial charge in [0.2, 0.25) is 0 Å². The lowest BCUT2D eigenvalue weighted by Gasteiger charge is -2.08. The summed E-state index contributed by atoms with van der Waals surface area (Å²) in [6.45, 7) is 0. The number of sulfone groups is 1. The van der Waals surface area contributed by atoms with Gasteiger partial charge in [-0.1, -0.05) is 5.92 Å². The predicted octanol–water partition coefficient (Wildman–Crippen LogP) is 3.71. The van der Waals surface area contributed by atoms with E-state index in [4.69, 9.17) is 0 Å². The molecule has 0 radical (unpaired) electrons. The molecule has 0 saturated heterocycles. The average molecular weight is 430 g/mol. The van der Waals surface area contributed by atoms with Gasteiger partial charge >= 0.3 is 0 Å². The highest BCUT2D eigenvalue weighted by Crippen LogP contribution is 2.33. The van der Waals surface area contributed by atoms with Crippen molar-refractivity contribution in [2.45, 2.75) is 23.8 Å². The van der Waals surface area contributed by atoms with Gasteiger partial charge in [0, 0.05) is 41.3 Å². The van der Waals surface area contributed by atoms with Crippen LogP contribution in [0.5, 0.6) is 0 Å². The maximum absolute atomic E-state index is 11.6. The van der Waals surface area contributed by atoms with Crippen molar-refractivity contribution in [2.75, 3.05) is 11.6 Å². The summed E-state index contributed by atoms with van der Waals surface area (Å²) >= 11 is 0. The Morgan fingerprint density at radius 2 is 1.87 bits per heavy atom. The van der Waals surface area contributed by atoms with Crippen LogP contribution in [0.3, 0.4) is 0 Å². The van der Waals surface area contributed by atoms with Gasteiger partial charge in [-0.05, 0) is 55.2 Å². The highest BCUT2D eigenvalue weighted by Gasteiger charge is 2.23. The molecule has 7 nitrogen and oxygen atoms in total. The van der Waals surface area contributed by atoms with E-state index in [0.717, 1.165) is 22.0 Å². The van der Waals surface area contributed by atoms with Crippen LogP contribution in [0, 0.1) is 11.8 Å². The monoisotopic (exact) mass is 429 g/mol. The van der Waals surface area contributed by atoms with E-state index >= 15 is 0 Å². The average Bonchev–Trinajstić information content (AvgIpc) is 3.50.